The highest BCUT2D eigenvalue weighted by molar-refractivity contribution is 5.76. The Kier molecular flexibility index (Phi) is 13.4. The van der Waals surface area contributed by atoms with Crippen LogP contribution in [0.4, 0.5) is 26.3 Å². The Morgan fingerprint density at radius 3 is 2.11 bits per heavy atom. The van der Waals surface area contributed by atoms with Crippen LogP contribution in [0.15, 0.2) is 24.5 Å². The molecule has 0 bridgehead atoms. The van der Waals surface area contributed by atoms with Gasteiger partial charge in [0.1, 0.15) is 0 Å². The van der Waals surface area contributed by atoms with E-state index in [-0.39, 0.29) is 5.91 Å². The van der Waals surface area contributed by atoms with E-state index in [9.17, 15) is 31.1 Å². The van der Waals surface area contributed by atoms with E-state index in [2.05, 4.69) is 27.3 Å². The van der Waals surface area contributed by atoms with Gasteiger partial charge in [-0.3, -0.25) is 14.7 Å². The predicted octanol–water partition coefficient (Wildman–Crippen LogP) is 2.20. The largest absolute Gasteiger partial charge is 0.490 e. The molecule has 3 heterocycles. The van der Waals surface area contributed by atoms with Gasteiger partial charge in [0.25, 0.3) is 0 Å². The molecule has 0 radical (unpaired) electrons. The molecule has 3 N–H and O–H groups in total. The number of amides is 1. The Morgan fingerprint density at radius 1 is 1.05 bits per heavy atom. The van der Waals surface area contributed by atoms with E-state index in [0.717, 1.165) is 26.2 Å². The summed E-state index contributed by atoms with van der Waals surface area (Å²) in [4.78, 5) is 36.5. The standard InChI is InChI=1S/C18H27N3O3.2C2HF3O2/c1-23-7-6-20-18(22)8-15-12-24-13-16-10-21(11-17(15)16)9-14-2-4-19-5-3-14;2*3-2(4,5)1(6)7/h2-5,15-17H,6-13H2,1H3,(H,20,22);2*(H,6,7)/t15-,16-,17+;;/m1../s1. The van der Waals surface area contributed by atoms with Gasteiger partial charge < -0.3 is 25.0 Å². The van der Waals surface area contributed by atoms with Crippen molar-refractivity contribution in [3.8, 4) is 0 Å². The van der Waals surface area contributed by atoms with Gasteiger partial charge in [-0.1, -0.05) is 0 Å². The molecular weight excluding hydrogens is 532 g/mol. The number of carbonyl (C=O) groups excluding carboxylic acids is 1. The molecule has 2 fully saturated rings. The van der Waals surface area contributed by atoms with Gasteiger partial charge in [-0.2, -0.15) is 26.3 Å². The van der Waals surface area contributed by atoms with Crippen LogP contribution < -0.4 is 5.32 Å². The summed E-state index contributed by atoms with van der Waals surface area (Å²) in [5.41, 5.74) is 1.29. The molecule has 2 aliphatic heterocycles. The monoisotopic (exact) mass is 561 g/mol. The van der Waals surface area contributed by atoms with Crippen LogP contribution in [0, 0.1) is 17.8 Å². The molecular formula is C22H29F6N3O7. The van der Waals surface area contributed by atoms with E-state index in [1.165, 1.54) is 5.56 Å². The molecule has 0 aromatic carbocycles. The summed E-state index contributed by atoms with van der Waals surface area (Å²) in [5, 5.41) is 17.2. The van der Waals surface area contributed by atoms with Crippen molar-refractivity contribution < 1.29 is 60.4 Å². The van der Waals surface area contributed by atoms with E-state index in [1.54, 1.807) is 7.11 Å². The zero-order chi connectivity index (χ0) is 28.9. The van der Waals surface area contributed by atoms with Crippen molar-refractivity contribution in [1.29, 1.82) is 0 Å². The van der Waals surface area contributed by atoms with Gasteiger partial charge in [-0.25, -0.2) is 9.59 Å². The molecule has 0 unspecified atom stereocenters. The fourth-order valence-corrected chi connectivity index (χ4v) is 3.88. The summed E-state index contributed by atoms with van der Waals surface area (Å²) < 4.78 is 74.2. The van der Waals surface area contributed by atoms with E-state index < -0.39 is 24.3 Å². The molecule has 2 aliphatic rings. The summed E-state index contributed by atoms with van der Waals surface area (Å²) in [7, 11) is 1.64. The molecule has 2 saturated heterocycles. The van der Waals surface area contributed by atoms with Gasteiger partial charge in [0.2, 0.25) is 5.91 Å². The number of alkyl halides is 6. The normalized spacial score (nSPS) is 21.2. The first kappa shape index (κ1) is 33.0. The van der Waals surface area contributed by atoms with Crippen molar-refractivity contribution in [3.63, 3.8) is 0 Å². The Morgan fingerprint density at radius 2 is 1.61 bits per heavy atom. The Balaban J connectivity index is 0.000000426. The lowest BCUT2D eigenvalue weighted by atomic mass is 9.81. The highest BCUT2D eigenvalue weighted by Gasteiger charge is 2.41. The first-order valence-electron chi connectivity index (χ1n) is 11.2. The lowest BCUT2D eigenvalue weighted by Crippen LogP contribution is -2.38. The number of nitrogens with zero attached hydrogens (tertiary/aromatic N) is 2. The third-order valence-electron chi connectivity index (χ3n) is 5.55. The van der Waals surface area contributed by atoms with E-state index in [0.29, 0.717) is 43.9 Å². The van der Waals surface area contributed by atoms with E-state index >= 15 is 0 Å². The molecule has 1 aromatic rings. The van der Waals surface area contributed by atoms with Crippen molar-refractivity contribution in [2.75, 3.05) is 46.6 Å². The summed E-state index contributed by atoms with van der Waals surface area (Å²) in [6, 6.07) is 4.14. The number of carboxylic acid groups (broad SMARTS) is 2. The van der Waals surface area contributed by atoms with Crippen molar-refractivity contribution in [3.05, 3.63) is 30.1 Å². The van der Waals surface area contributed by atoms with Gasteiger partial charge in [-0.15, -0.1) is 0 Å². The van der Waals surface area contributed by atoms with Crippen LogP contribution >= 0.6 is 0 Å². The third kappa shape index (κ3) is 12.5. The molecule has 1 aromatic heterocycles. The van der Waals surface area contributed by atoms with Crippen LogP contribution in [0.25, 0.3) is 0 Å². The van der Waals surface area contributed by atoms with Crippen molar-refractivity contribution >= 4 is 17.8 Å². The average molecular weight is 561 g/mol. The number of carbonyl (C=O) groups is 3. The Hall–Kier alpha value is -2.98. The first-order chi connectivity index (χ1) is 17.6. The zero-order valence-electron chi connectivity index (χ0n) is 20.3. The van der Waals surface area contributed by atoms with Crippen molar-refractivity contribution in [2.24, 2.45) is 17.8 Å². The quantitative estimate of drug-likeness (QED) is 0.338. The van der Waals surface area contributed by atoms with Crippen molar-refractivity contribution in [2.45, 2.75) is 25.3 Å². The number of aromatic nitrogens is 1. The van der Waals surface area contributed by atoms with Crippen LogP contribution in [0.1, 0.15) is 12.0 Å². The maximum absolute atomic E-state index is 12.1. The lowest BCUT2D eigenvalue weighted by molar-refractivity contribution is -0.193. The molecule has 0 spiro atoms. The number of rotatable bonds is 7. The number of pyridine rings is 1. The summed E-state index contributed by atoms with van der Waals surface area (Å²) in [6.07, 6.45) is -5.93. The highest BCUT2D eigenvalue weighted by atomic mass is 19.4. The van der Waals surface area contributed by atoms with Gasteiger partial charge >= 0.3 is 24.3 Å². The minimum atomic E-state index is -5.08. The number of likely N-dealkylation sites (tertiary alicyclic amines) is 1. The fourth-order valence-electron chi connectivity index (χ4n) is 3.88. The minimum absolute atomic E-state index is 0.105. The summed E-state index contributed by atoms with van der Waals surface area (Å²) >= 11 is 0. The van der Waals surface area contributed by atoms with Crippen molar-refractivity contribution in [1.82, 2.24) is 15.2 Å². The van der Waals surface area contributed by atoms with Gasteiger partial charge in [0.15, 0.2) is 0 Å². The number of aliphatic carboxylic acids is 2. The maximum atomic E-state index is 12.1. The SMILES string of the molecule is COCCNC(=O)C[C@@H]1COC[C@H]2CN(Cc3ccncc3)C[C@@H]12.O=C(O)C(F)(F)F.O=C(O)C(F)(F)F. The topological polar surface area (TPSA) is 138 Å². The van der Waals surface area contributed by atoms with Crippen LogP contribution in [0.5, 0.6) is 0 Å². The maximum Gasteiger partial charge on any atom is 0.490 e. The number of halogens is 6. The molecule has 38 heavy (non-hydrogen) atoms. The molecule has 216 valence electrons. The van der Waals surface area contributed by atoms with Gasteiger partial charge in [0, 0.05) is 52.1 Å². The number of fused-ring (bicyclic) bond motifs is 1. The van der Waals surface area contributed by atoms with Gasteiger partial charge in [-0.05, 0) is 35.4 Å². The molecule has 16 heteroatoms. The zero-order valence-corrected chi connectivity index (χ0v) is 20.3. The van der Waals surface area contributed by atoms with Crippen LogP contribution in [0.2, 0.25) is 0 Å². The number of ether oxygens (including phenoxy) is 2. The van der Waals surface area contributed by atoms with Crippen LogP contribution in [-0.2, 0) is 30.4 Å². The minimum Gasteiger partial charge on any atom is -0.475 e. The fraction of sp³-hybridized carbons (Fsp3) is 0.636. The average Bonchev–Trinajstić information content (AvgIpc) is 3.23. The predicted molar refractivity (Wildman–Crippen MR) is 118 cm³/mol. The second kappa shape index (κ2) is 15.4. The molecule has 3 rings (SSSR count). The number of methoxy groups -OCH3 is 1. The third-order valence-corrected chi connectivity index (χ3v) is 5.55. The van der Waals surface area contributed by atoms with Crippen LogP contribution in [0.3, 0.4) is 0 Å². The number of carboxylic acids is 2. The Bertz CT molecular complexity index is 862. The number of hydrogen-bond acceptors (Lipinski definition) is 7. The van der Waals surface area contributed by atoms with Crippen LogP contribution in [-0.4, -0.2) is 96.9 Å². The lowest BCUT2D eigenvalue weighted by Gasteiger charge is -2.32. The Labute approximate surface area is 213 Å². The molecule has 3 atom stereocenters. The van der Waals surface area contributed by atoms with Gasteiger partial charge in [0.05, 0.1) is 19.8 Å². The molecule has 10 nitrogen and oxygen atoms in total. The molecule has 0 aliphatic carbocycles. The first-order valence-corrected chi connectivity index (χ1v) is 11.2. The highest BCUT2D eigenvalue weighted by Crippen LogP contribution is 2.36. The molecule has 1 amide bonds. The number of hydrogen-bond donors (Lipinski definition) is 3. The summed E-state index contributed by atoms with van der Waals surface area (Å²) in [5.74, 6) is -4.01. The molecule has 0 saturated carbocycles. The number of nitrogens with one attached hydrogen (secondary N) is 1. The van der Waals surface area contributed by atoms with E-state index in [1.807, 2.05) is 12.4 Å². The van der Waals surface area contributed by atoms with E-state index in [4.69, 9.17) is 29.3 Å². The second-order valence-electron chi connectivity index (χ2n) is 8.42. The summed E-state index contributed by atoms with van der Waals surface area (Å²) in [6.45, 7) is 5.69. The second-order valence-corrected chi connectivity index (χ2v) is 8.42. The smallest absolute Gasteiger partial charge is 0.475 e.